The van der Waals surface area contributed by atoms with E-state index in [1.165, 1.54) is 0 Å². The quantitative estimate of drug-likeness (QED) is 0.774. The maximum absolute atomic E-state index is 5.71. The average Bonchev–Trinajstić information content (AvgIpc) is 3.25. The van der Waals surface area contributed by atoms with Crippen molar-refractivity contribution in [3.8, 4) is 11.5 Å². The minimum absolute atomic E-state index is 0.0908. The summed E-state index contributed by atoms with van der Waals surface area (Å²) in [5.74, 6) is 1.66. The van der Waals surface area contributed by atoms with Crippen molar-refractivity contribution in [3.63, 3.8) is 0 Å². The van der Waals surface area contributed by atoms with Gasteiger partial charge in [-0.15, -0.1) is 0 Å². The van der Waals surface area contributed by atoms with Crippen LogP contribution >= 0.6 is 0 Å². The van der Waals surface area contributed by atoms with Gasteiger partial charge < -0.3 is 18.9 Å². The van der Waals surface area contributed by atoms with Crippen molar-refractivity contribution in [2.75, 3.05) is 13.2 Å². The molecule has 2 aromatic carbocycles. The van der Waals surface area contributed by atoms with Crippen LogP contribution < -0.4 is 9.47 Å². The Morgan fingerprint density at radius 1 is 0.778 bits per heavy atom. The van der Waals surface area contributed by atoms with E-state index in [0.29, 0.717) is 13.2 Å². The minimum Gasteiger partial charge on any atom is -0.462 e. The molecule has 18 heavy (non-hydrogen) atoms. The fourth-order valence-electron chi connectivity index (χ4n) is 1.96. The van der Waals surface area contributed by atoms with Gasteiger partial charge in [-0.1, -0.05) is 24.3 Å². The molecule has 0 aromatic heterocycles. The molecular formula is C14H12O4. The van der Waals surface area contributed by atoms with Crippen LogP contribution in [0, 0.1) is 0 Å². The predicted octanol–water partition coefficient (Wildman–Crippen LogP) is 2.31. The number of hydrogen-bond acceptors (Lipinski definition) is 4. The molecule has 2 fully saturated rings. The Labute approximate surface area is 104 Å². The van der Waals surface area contributed by atoms with Crippen molar-refractivity contribution in [2.45, 2.75) is 12.6 Å². The molecule has 2 atom stereocenters. The van der Waals surface area contributed by atoms with E-state index in [1.54, 1.807) is 0 Å². The highest BCUT2D eigenvalue weighted by atomic mass is 16.8. The lowest BCUT2D eigenvalue weighted by Gasteiger charge is -2.10. The first kappa shape index (κ1) is 10.2. The van der Waals surface area contributed by atoms with Crippen molar-refractivity contribution >= 4 is 10.8 Å². The van der Waals surface area contributed by atoms with Gasteiger partial charge in [0, 0.05) is 10.8 Å². The lowest BCUT2D eigenvalue weighted by Crippen LogP contribution is -2.00. The third-order valence-electron chi connectivity index (χ3n) is 2.96. The van der Waals surface area contributed by atoms with Crippen molar-refractivity contribution in [1.82, 2.24) is 0 Å². The second kappa shape index (κ2) is 3.86. The van der Waals surface area contributed by atoms with Gasteiger partial charge in [-0.05, 0) is 12.1 Å². The van der Waals surface area contributed by atoms with Gasteiger partial charge in [-0.2, -0.15) is 0 Å². The zero-order valence-electron chi connectivity index (χ0n) is 9.67. The van der Waals surface area contributed by atoms with Crippen molar-refractivity contribution in [1.29, 1.82) is 0 Å². The first-order valence-electron chi connectivity index (χ1n) is 5.98. The first-order valence-corrected chi connectivity index (χ1v) is 5.98. The molecular weight excluding hydrogens is 232 g/mol. The van der Waals surface area contributed by atoms with Crippen LogP contribution in [0.2, 0.25) is 0 Å². The molecule has 4 heteroatoms. The normalized spacial score (nSPS) is 24.9. The highest BCUT2D eigenvalue weighted by molar-refractivity contribution is 5.93. The summed E-state index contributed by atoms with van der Waals surface area (Å²) in [6, 6.07) is 11.9. The second-order valence-corrected chi connectivity index (χ2v) is 4.37. The van der Waals surface area contributed by atoms with Gasteiger partial charge in [0.05, 0.1) is 0 Å². The van der Waals surface area contributed by atoms with E-state index in [-0.39, 0.29) is 12.6 Å². The van der Waals surface area contributed by atoms with Gasteiger partial charge in [-0.3, -0.25) is 0 Å². The number of ether oxygens (including phenoxy) is 4. The number of fused-ring (bicyclic) bond motifs is 1. The molecule has 2 aliphatic heterocycles. The number of hydrogen-bond donors (Lipinski definition) is 0. The Kier molecular flexibility index (Phi) is 2.18. The zero-order chi connectivity index (χ0) is 11.9. The third kappa shape index (κ3) is 1.89. The van der Waals surface area contributed by atoms with Crippen molar-refractivity contribution in [2.24, 2.45) is 0 Å². The van der Waals surface area contributed by atoms with Crippen LogP contribution in [0.25, 0.3) is 10.8 Å². The molecule has 2 aliphatic rings. The molecule has 2 heterocycles. The Balaban J connectivity index is 1.77. The SMILES string of the molecule is c1cc(OC2CO2)c2cccc(OC3CO3)c2c1. The summed E-state index contributed by atoms with van der Waals surface area (Å²) in [5.41, 5.74) is 0. The molecule has 0 spiro atoms. The zero-order valence-corrected chi connectivity index (χ0v) is 9.67. The Bertz CT molecular complexity index is 534. The molecule has 0 saturated carbocycles. The van der Waals surface area contributed by atoms with Gasteiger partial charge in [0.15, 0.2) is 0 Å². The average molecular weight is 244 g/mol. The highest BCUT2D eigenvalue weighted by Gasteiger charge is 2.27. The molecule has 92 valence electrons. The van der Waals surface area contributed by atoms with E-state index in [4.69, 9.17) is 18.9 Å². The van der Waals surface area contributed by atoms with Crippen LogP contribution in [0.3, 0.4) is 0 Å². The van der Waals surface area contributed by atoms with E-state index >= 15 is 0 Å². The van der Waals surface area contributed by atoms with Crippen molar-refractivity contribution < 1.29 is 18.9 Å². The lowest BCUT2D eigenvalue weighted by molar-refractivity contribution is 0.179. The van der Waals surface area contributed by atoms with E-state index < -0.39 is 0 Å². The van der Waals surface area contributed by atoms with Gasteiger partial charge >= 0.3 is 0 Å². The second-order valence-electron chi connectivity index (χ2n) is 4.37. The maximum atomic E-state index is 5.71. The van der Waals surface area contributed by atoms with E-state index in [9.17, 15) is 0 Å². The van der Waals surface area contributed by atoms with Gasteiger partial charge in [-0.25, -0.2) is 0 Å². The summed E-state index contributed by atoms with van der Waals surface area (Å²) in [7, 11) is 0. The highest BCUT2D eigenvalue weighted by Crippen LogP contribution is 2.35. The van der Waals surface area contributed by atoms with Crippen LogP contribution in [0.5, 0.6) is 11.5 Å². The molecule has 0 bridgehead atoms. The Morgan fingerprint density at radius 3 is 1.61 bits per heavy atom. The summed E-state index contributed by atoms with van der Waals surface area (Å²) in [6.45, 7) is 1.34. The van der Waals surface area contributed by atoms with E-state index in [2.05, 4.69) is 0 Å². The molecule has 0 radical (unpaired) electrons. The van der Waals surface area contributed by atoms with Crippen LogP contribution in [-0.4, -0.2) is 25.8 Å². The van der Waals surface area contributed by atoms with Gasteiger partial charge in [0.1, 0.15) is 24.7 Å². The lowest BCUT2D eigenvalue weighted by atomic mass is 10.1. The standard InChI is InChI=1S/C14H12O4/c1-3-9-10(11(5-1)17-13-7-15-13)4-2-6-12(9)18-14-8-16-14/h1-6,13-14H,7-8H2. The van der Waals surface area contributed by atoms with Crippen LogP contribution in [0.15, 0.2) is 36.4 Å². The molecule has 2 saturated heterocycles. The summed E-state index contributed by atoms with van der Waals surface area (Å²) in [5, 5.41) is 2.07. The van der Waals surface area contributed by atoms with Crippen LogP contribution in [0.1, 0.15) is 0 Å². The summed E-state index contributed by atoms with van der Waals surface area (Å²) >= 11 is 0. The van der Waals surface area contributed by atoms with Gasteiger partial charge in [0.2, 0.25) is 12.6 Å². The summed E-state index contributed by atoms with van der Waals surface area (Å²) in [6.07, 6.45) is -0.182. The minimum atomic E-state index is -0.0908. The number of epoxide rings is 2. The molecule has 4 rings (SSSR count). The molecule has 0 aliphatic carbocycles. The first-order chi connectivity index (χ1) is 8.90. The summed E-state index contributed by atoms with van der Waals surface area (Å²) < 4.78 is 21.6. The summed E-state index contributed by atoms with van der Waals surface area (Å²) in [4.78, 5) is 0. The van der Waals surface area contributed by atoms with E-state index in [0.717, 1.165) is 22.3 Å². The predicted molar refractivity (Wildman–Crippen MR) is 64.7 cm³/mol. The fraction of sp³-hybridized carbons (Fsp3) is 0.286. The molecule has 0 N–H and O–H groups in total. The van der Waals surface area contributed by atoms with Crippen LogP contribution in [0.4, 0.5) is 0 Å². The third-order valence-corrected chi connectivity index (χ3v) is 2.96. The fourth-order valence-corrected chi connectivity index (χ4v) is 1.96. The number of rotatable bonds is 4. The largest absolute Gasteiger partial charge is 0.462 e. The Hall–Kier alpha value is -1.78. The van der Waals surface area contributed by atoms with Crippen LogP contribution in [-0.2, 0) is 9.47 Å². The monoisotopic (exact) mass is 244 g/mol. The molecule has 2 aromatic rings. The van der Waals surface area contributed by atoms with Gasteiger partial charge in [0.25, 0.3) is 0 Å². The number of benzene rings is 2. The molecule has 0 amide bonds. The smallest absolute Gasteiger partial charge is 0.223 e. The molecule has 4 nitrogen and oxygen atoms in total. The van der Waals surface area contributed by atoms with E-state index in [1.807, 2.05) is 36.4 Å². The molecule has 2 unspecified atom stereocenters. The maximum Gasteiger partial charge on any atom is 0.223 e. The van der Waals surface area contributed by atoms with Crippen molar-refractivity contribution in [3.05, 3.63) is 36.4 Å². The topological polar surface area (TPSA) is 43.5 Å². The Morgan fingerprint density at radius 2 is 1.22 bits per heavy atom.